The molecule has 144 valence electrons. The van der Waals surface area contributed by atoms with Crippen LogP contribution in [0.5, 0.6) is 5.88 Å². The molecule has 0 spiro atoms. The first kappa shape index (κ1) is 19.0. The number of hydrogen-bond acceptors (Lipinski definition) is 8. The maximum absolute atomic E-state index is 12.3. The summed E-state index contributed by atoms with van der Waals surface area (Å²) >= 11 is 5.91. The van der Waals surface area contributed by atoms with Crippen molar-refractivity contribution in [2.24, 2.45) is 7.05 Å². The van der Waals surface area contributed by atoms with E-state index in [-0.39, 0.29) is 22.4 Å². The Bertz CT molecular complexity index is 1010. The van der Waals surface area contributed by atoms with Gasteiger partial charge in [-0.15, -0.1) is 0 Å². The van der Waals surface area contributed by atoms with Gasteiger partial charge in [-0.05, 0) is 12.1 Å². The Labute approximate surface area is 164 Å². The number of amides is 2. The molecule has 3 rings (SSSR count). The summed E-state index contributed by atoms with van der Waals surface area (Å²) in [7, 11) is 3.04. The predicted molar refractivity (Wildman–Crippen MR) is 101 cm³/mol. The standard InChI is InChI=1S/C16H15ClN8O3/c1-18-14(26)13-11(7-21-25(13)2)23-16(27)28-15-10(3-4-12(17)24-15)22-9-5-19-8-20-6-9/h3-8,22H,1-2H3,(H,18,26)(H,23,27). The summed E-state index contributed by atoms with van der Waals surface area (Å²) in [5.74, 6) is -0.484. The van der Waals surface area contributed by atoms with Gasteiger partial charge in [-0.2, -0.15) is 10.1 Å². The van der Waals surface area contributed by atoms with E-state index in [0.717, 1.165) is 0 Å². The molecule has 3 aromatic heterocycles. The average Bonchev–Trinajstić information content (AvgIpc) is 3.04. The van der Waals surface area contributed by atoms with Gasteiger partial charge in [0.05, 0.1) is 30.0 Å². The molecule has 28 heavy (non-hydrogen) atoms. The van der Waals surface area contributed by atoms with Crippen LogP contribution in [0.25, 0.3) is 0 Å². The van der Waals surface area contributed by atoms with Crippen molar-refractivity contribution >= 4 is 40.7 Å². The molecule has 0 aromatic carbocycles. The lowest BCUT2D eigenvalue weighted by Gasteiger charge is -2.12. The Morgan fingerprint density at radius 1 is 1.14 bits per heavy atom. The van der Waals surface area contributed by atoms with Gasteiger partial charge in [0, 0.05) is 14.1 Å². The fourth-order valence-corrected chi connectivity index (χ4v) is 2.39. The number of nitrogens with one attached hydrogen (secondary N) is 3. The predicted octanol–water partition coefficient (Wildman–Crippen LogP) is 1.97. The molecular weight excluding hydrogens is 388 g/mol. The van der Waals surface area contributed by atoms with Gasteiger partial charge in [0.1, 0.15) is 22.9 Å². The molecule has 0 aliphatic rings. The summed E-state index contributed by atoms with van der Waals surface area (Å²) in [6.07, 6.45) is 4.92. The third kappa shape index (κ3) is 4.32. The van der Waals surface area contributed by atoms with Crippen LogP contribution < -0.4 is 20.7 Å². The second kappa shape index (κ2) is 8.31. The van der Waals surface area contributed by atoms with Gasteiger partial charge < -0.3 is 15.4 Å². The Morgan fingerprint density at radius 3 is 2.61 bits per heavy atom. The number of rotatable bonds is 5. The molecule has 12 heteroatoms. The number of pyridine rings is 1. The highest BCUT2D eigenvalue weighted by Crippen LogP contribution is 2.27. The van der Waals surface area contributed by atoms with Crippen LogP contribution >= 0.6 is 11.6 Å². The van der Waals surface area contributed by atoms with Crippen molar-refractivity contribution in [3.05, 3.63) is 47.9 Å². The zero-order valence-corrected chi connectivity index (χ0v) is 15.6. The fraction of sp³-hybridized carbons (Fsp3) is 0.125. The quantitative estimate of drug-likeness (QED) is 0.551. The van der Waals surface area contributed by atoms with E-state index < -0.39 is 12.0 Å². The number of carbonyl (C=O) groups is 2. The second-order valence-electron chi connectivity index (χ2n) is 5.36. The summed E-state index contributed by atoms with van der Waals surface area (Å²) in [4.78, 5) is 36.1. The van der Waals surface area contributed by atoms with Crippen LogP contribution in [-0.4, -0.2) is 43.8 Å². The zero-order chi connectivity index (χ0) is 20.1. The molecule has 3 aromatic rings. The highest BCUT2D eigenvalue weighted by Gasteiger charge is 2.19. The number of ether oxygens (including phenoxy) is 1. The Morgan fingerprint density at radius 2 is 1.89 bits per heavy atom. The third-order valence-corrected chi connectivity index (χ3v) is 3.68. The number of aromatic nitrogens is 5. The van der Waals surface area contributed by atoms with E-state index in [4.69, 9.17) is 16.3 Å². The third-order valence-electron chi connectivity index (χ3n) is 3.47. The molecular formula is C16H15ClN8O3. The minimum absolute atomic E-state index is 0.0702. The molecule has 2 amide bonds. The first-order chi connectivity index (χ1) is 13.5. The van der Waals surface area contributed by atoms with Crippen molar-refractivity contribution in [2.75, 3.05) is 17.7 Å². The Kier molecular flexibility index (Phi) is 5.65. The van der Waals surface area contributed by atoms with Crippen molar-refractivity contribution in [1.82, 2.24) is 30.0 Å². The lowest BCUT2D eigenvalue weighted by molar-refractivity contribution is 0.0954. The highest BCUT2D eigenvalue weighted by molar-refractivity contribution is 6.29. The molecule has 0 aliphatic heterocycles. The molecule has 0 radical (unpaired) electrons. The second-order valence-corrected chi connectivity index (χ2v) is 5.75. The minimum atomic E-state index is -0.875. The van der Waals surface area contributed by atoms with E-state index in [1.165, 1.54) is 42.7 Å². The van der Waals surface area contributed by atoms with E-state index in [1.807, 2.05) is 0 Å². The first-order valence-corrected chi connectivity index (χ1v) is 8.27. The molecule has 0 atom stereocenters. The van der Waals surface area contributed by atoms with Crippen LogP contribution in [0.1, 0.15) is 10.5 Å². The molecule has 11 nitrogen and oxygen atoms in total. The molecule has 3 heterocycles. The first-order valence-electron chi connectivity index (χ1n) is 7.89. The van der Waals surface area contributed by atoms with E-state index in [0.29, 0.717) is 11.4 Å². The summed E-state index contributed by atoms with van der Waals surface area (Å²) < 4.78 is 6.59. The number of nitrogens with zero attached hydrogens (tertiary/aromatic N) is 5. The molecule has 0 saturated heterocycles. The molecule has 0 saturated carbocycles. The van der Waals surface area contributed by atoms with Crippen LogP contribution in [0.4, 0.5) is 21.9 Å². The van der Waals surface area contributed by atoms with Crippen LogP contribution in [0.3, 0.4) is 0 Å². The maximum Gasteiger partial charge on any atom is 0.418 e. The topological polar surface area (TPSA) is 136 Å². The van der Waals surface area contributed by atoms with Crippen molar-refractivity contribution in [1.29, 1.82) is 0 Å². The largest absolute Gasteiger partial charge is 0.418 e. The number of carbonyl (C=O) groups excluding carboxylic acids is 2. The number of hydrogen-bond donors (Lipinski definition) is 3. The van der Waals surface area contributed by atoms with E-state index in [2.05, 4.69) is 36.0 Å². The lowest BCUT2D eigenvalue weighted by Crippen LogP contribution is -2.24. The minimum Gasteiger partial charge on any atom is -0.389 e. The molecule has 0 fully saturated rings. The van der Waals surface area contributed by atoms with Crippen LogP contribution in [0.2, 0.25) is 5.15 Å². The van der Waals surface area contributed by atoms with Crippen molar-refractivity contribution in [3.63, 3.8) is 0 Å². The normalized spacial score (nSPS) is 10.2. The smallest absolute Gasteiger partial charge is 0.389 e. The van der Waals surface area contributed by atoms with E-state index in [1.54, 1.807) is 13.1 Å². The van der Waals surface area contributed by atoms with Crippen molar-refractivity contribution < 1.29 is 14.3 Å². The SMILES string of the molecule is CNC(=O)c1c(NC(=O)Oc2nc(Cl)ccc2Nc2cncnc2)cnn1C. The van der Waals surface area contributed by atoms with Gasteiger partial charge in [-0.3, -0.25) is 14.8 Å². The van der Waals surface area contributed by atoms with Gasteiger partial charge in [0.25, 0.3) is 5.91 Å². The summed E-state index contributed by atoms with van der Waals surface area (Å²) in [5.41, 5.74) is 1.27. The van der Waals surface area contributed by atoms with Crippen LogP contribution in [0, 0.1) is 0 Å². The van der Waals surface area contributed by atoms with Gasteiger partial charge in [0.15, 0.2) is 0 Å². The Hall–Kier alpha value is -3.73. The maximum atomic E-state index is 12.3. The highest BCUT2D eigenvalue weighted by atomic mass is 35.5. The monoisotopic (exact) mass is 402 g/mol. The van der Waals surface area contributed by atoms with Crippen LogP contribution in [-0.2, 0) is 7.05 Å². The Balaban J connectivity index is 1.79. The lowest BCUT2D eigenvalue weighted by atomic mass is 10.3. The number of halogens is 1. The average molecular weight is 403 g/mol. The molecule has 3 N–H and O–H groups in total. The summed E-state index contributed by atoms with van der Waals surface area (Å²) in [6, 6.07) is 3.12. The van der Waals surface area contributed by atoms with Gasteiger partial charge >= 0.3 is 6.09 Å². The van der Waals surface area contributed by atoms with Gasteiger partial charge in [0.2, 0.25) is 5.88 Å². The molecule has 0 unspecified atom stereocenters. The fourth-order valence-electron chi connectivity index (χ4n) is 2.25. The van der Waals surface area contributed by atoms with Crippen molar-refractivity contribution in [3.8, 4) is 5.88 Å². The number of anilines is 3. The summed E-state index contributed by atoms with van der Waals surface area (Å²) in [5, 5.41) is 12.0. The number of aryl methyl sites for hydroxylation is 1. The van der Waals surface area contributed by atoms with E-state index >= 15 is 0 Å². The van der Waals surface area contributed by atoms with Crippen molar-refractivity contribution in [2.45, 2.75) is 0 Å². The molecule has 0 aliphatic carbocycles. The van der Waals surface area contributed by atoms with Gasteiger partial charge in [-0.25, -0.2) is 14.8 Å². The zero-order valence-electron chi connectivity index (χ0n) is 14.8. The summed E-state index contributed by atoms with van der Waals surface area (Å²) in [6.45, 7) is 0. The van der Waals surface area contributed by atoms with Gasteiger partial charge in [-0.1, -0.05) is 11.6 Å². The van der Waals surface area contributed by atoms with Crippen LogP contribution in [0.15, 0.2) is 37.1 Å². The molecule has 0 bridgehead atoms. The van der Waals surface area contributed by atoms with E-state index in [9.17, 15) is 9.59 Å².